The summed E-state index contributed by atoms with van der Waals surface area (Å²) in [6, 6.07) is 7.75. The Bertz CT molecular complexity index is 368. The van der Waals surface area contributed by atoms with E-state index in [1.807, 2.05) is 24.3 Å². The summed E-state index contributed by atoms with van der Waals surface area (Å²) in [5.74, 6) is 0. The van der Waals surface area contributed by atoms with Gasteiger partial charge >= 0.3 is 0 Å². The minimum absolute atomic E-state index is 0.186. The Balaban J connectivity index is 2.96. The SMILES string of the molecule is COCCN(c1ccccc1C=O)C(C)COC. The summed E-state index contributed by atoms with van der Waals surface area (Å²) in [4.78, 5) is 13.2. The van der Waals surface area contributed by atoms with Crippen molar-refractivity contribution in [2.45, 2.75) is 13.0 Å². The molecule has 1 aromatic rings. The van der Waals surface area contributed by atoms with E-state index in [1.54, 1.807) is 14.2 Å². The molecule has 0 aromatic heterocycles. The molecule has 1 unspecified atom stereocenters. The molecule has 0 saturated heterocycles. The summed E-state index contributed by atoms with van der Waals surface area (Å²) in [6.07, 6.45) is 0.884. The van der Waals surface area contributed by atoms with Gasteiger partial charge in [-0.3, -0.25) is 4.79 Å². The molecule has 100 valence electrons. The van der Waals surface area contributed by atoms with Crippen LogP contribution in [0.3, 0.4) is 0 Å². The lowest BCUT2D eigenvalue weighted by molar-refractivity contribution is 0.112. The van der Waals surface area contributed by atoms with Gasteiger partial charge in [0.1, 0.15) is 0 Å². The van der Waals surface area contributed by atoms with Gasteiger partial charge in [0.05, 0.1) is 13.2 Å². The summed E-state index contributed by atoms with van der Waals surface area (Å²) in [7, 11) is 3.35. The predicted molar refractivity (Wildman–Crippen MR) is 72.4 cm³/mol. The van der Waals surface area contributed by atoms with E-state index in [0.717, 1.165) is 18.5 Å². The number of rotatable bonds is 8. The van der Waals surface area contributed by atoms with Crippen molar-refractivity contribution in [3.63, 3.8) is 0 Å². The zero-order valence-corrected chi connectivity index (χ0v) is 11.3. The summed E-state index contributed by atoms with van der Waals surface area (Å²) in [6.45, 7) is 4.02. The van der Waals surface area contributed by atoms with Crippen molar-refractivity contribution in [1.29, 1.82) is 0 Å². The van der Waals surface area contributed by atoms with E-state index < -0.39 is 0 Å². The van der Waals surface area contributed by atoms with Crippen LogP contribution in [0.5, 0.6) is 0 Å². The van der Waals surface area contributed by atoms with Crippen molar-refractivity contribution in [2.75, 3.05) is 38.9 Å². The number of para-hydroxylation sites is 1. The van der Waals surface area contributed by atoms with Crippen LogP contribution in [0.1, 0.15) is 17.3 Å². The standard InChI is InChI=1S/C14H21NO3/c1-12(11-18-3)15(8-9-17-2)14-7-5-4-6-13(14)10-16/h4-7,10,12H,8-9,11H2,1-3H3. The van der Waals surface area contributed by atoms with Gasteiger partial charge in [0, 0.05) is 38.1 Å². The summed E-state index contributed by atoms with van der Waals surface area (Å²) in [5, 5.41) is 0. The largest absolute Gasteiger partial charge is 0.383 e. The maximum atomic E-state index is 11.1. The number of aldehydes is 1. The fourth-order valence-electron chi connectivity index (χ4n) is 1.95. The number of carbonyl (C=O) groups is 1. The summed E-state index contributed by atoms with van der Waals surface area (Å²) >= 11 is 0. The van der Waals surface area contributed by atoms with Crippen molar-refractivity contribution in [2.24, 2.45) is 0 Å². The Morgan fingerprint density at radius 2 is 2.00 bits per heavy atom. The molecule has 0 aliphatic heterocycles. The number of methoxy groups -OCH3 is 2. The zero-order chi connectivity index (χ0) is 13.4. The molecule has 0 spiro atoms. The quantitative estimate of drug-likeness (QED) is 0.662. The highest BCUT2D eigenvalue weighted by atomic mass is 16.5. The first kappa shape index (κ1) is 14.7. The van der Waals surface area contributed by atoms with Gasteiger partial charge in [-0.25, -0.2) is 0 Å². The molecule has 1 atom stereocenters. The summed E-state index contributed by atoms with van der Waals surface area (Å²) < 4.78 is 10.3. The first-order valence-electron chi connectivity index (χ1n) is 6.03. The predicted octanol–water partition coefficient (Wildman–Crippen LogP) is 1.99. The van der Waals surface area contributed by atoms with Crippen LogP contribution in [0, 0.1) is 0 Å². The number of benzene rings is 1. The number of carbonyl (C=O) groups excluding carboxylic acids is 1. The molecule has 0 saturated carbocycles. The highest BCUT2D eigenvalue weighted by molar-refractivity contribution is 5.84. The van der Waals surface area contributed by atoms with Crippen molar-refractivity contribution >= 4 is 12.0 Å². The molecule has 0 amide bonds. The van der Waals surface area contributed by atoms with E-state index in [2.05, 4.69) is 11.8 Å². The minimum atomic E-state index is 0.186. The minimum Gasteiger partial charge on any atom is -0.383 e. The molecule has 4 nitrogen and oxygen atoms in total. The van der Waals surface area contributed by atoms with Gasteiger partial charge in [0.25, 0.3) is 0 Å². The van der Waals surface area contributed by atoms with Crippen LogP contribution < -0.4 is 4.90 Å². The van der Waals surface area contributed by atoms with E-state index in [0.29, 0.717) is 18.8 Å². The highest BCUT2D eigenvalue weighted by Crippen LogP contribution is 2.21. The Morgan fingerprint density at radius 1 is 1.28 bits per heavy atom. The first-order valence-corrected chi connectivity index (χ1v) is 6.03. The van der Waals surface area contributed by atoms with Crippen LogP contribution >= 0.6 is 0 Å². The van der Waals surface area contributed by atoms with Crippen LogP contribution in [-0.2, 0) is 9.47 Å². The topological polar surface area (TPSA) is 38.8 Å². The molecule has 0 aliphatic rings. The molecule has 0 heterocycles. The Labute approximate surface area is 108 Å². The third-order valence-electron chi connectivity index (χ3n) is 2.85. The van der Waals surface area contributed by atoms with Gasteiger partial charge < -0.3 is 14.4 Å². The number of hydrogen-bond donors (Lipinski definition) is 0. The van der Waals surface area contributed by atoms with Gasteiger partial charge in [0.15, 0.2) is 6.29 Å². The van der Waals surface area contributed by atoms with Crippen molar-refractivity contribution in [3.8, 4) is 0 Å². The fourth-order valence-corrected chi connectivity index (χ4v) is 1.95. The van der Waals surface area contributed by atoms with Crippen LogP contribution in [-0.4, -0.2) is 46.3 Å². The third kappa shape index (κ3) is 3.82. The van der Waals surface area contributed by atoms with E-state index in [1.165, 1.54) is 0 Å². The second kappa shape index (κ2) is 7.84. The van der Waals surface area contributed by atoms with Gasteiger partial charge in [-0.2, -0.15) is 0 Å². The van der Waals surface area contributed by atoms with Gasteiger partial charge in [-0.05, 0) is 19.1 Å². The molecule has 18 heavy (non-hydrogen) atoms. The first-order chi connectivity index (χ1) is 8.74. The average molecular weight is 251 g/mol. The number of ether oxygens (including phenoxy) is 2. The van der Waals surface area contributed by atoms with Crippen molar-refractivity contribution in [3.05, 3.63) is 29.8 Å². The molecule has 0 aliphatic carbocycles. The molecule has 0 N–H and O–H groups in total. The zero-order valence-electron chi connectivity index (χ0n) is 11.3. The number of anilines is 1. The van der Waals surface area contributed by atoms with E-state index >= 15 is 0 Å². The van der Waals surface area contributed by atoms with Gasteiger partial charge in [0.2, 0.25) is 0 Å². The second-order valence-electron chi connectivity index (χ2n) is 4.17. The molecule has 4 heteroatoms. The van der Waals surface area contributed by atoms with Crippen LogP contribution in [0.15, 0.2) is 24.3 Å². The molecule has 0 bridgehead atoms. The molecule has 1 aromatic carbocycles. The molecule has 0 fully saturated rings. The maximum absolute atomic E-state index is 11.1. The second-order valence-corrected chi connectivity index (χ2v) is 4.17. The lowest BCUT2D eigenvalue weighted by atomic mass is 10.1. The van der Waals surface area contributed by atoms with Gasteiger partial charge in [-0.1, -0.05) is 12.1 Å². The molecule has 1 rings (SSSR count). The van der Waals surface area contributed by atoms with E-state index in [4.69, 9.17) is 9.47 Å². The van der Waals surface area contributed by atoms with Crippen LogP contribution in [0.25, 0.3) is 0 Å². The van der Waals surface area contributed by atoms with Crippen molar-refractivity contribution < 1.29 is 14.3 Å². The van der Waals surface area contributed by atoms with E-state index in [-0.39, 0.29) is 6.04 Å². The van der Waals surface area contributed by atoms with Crippen LogP contribution in [0.2, 0.25) is 0 Å². The van der Waals surface area contributed by atoms with E-state index in [9.17, 15) is 4.79 Å². The molecular weight excluding hydrogens is 230 g/mol. The lowest BCUT2D eigenvalue weighted by Gasteiger charge is -2.31. The number of hydrogen-bond acceptors (Lipinski definition) is 4. The van der Waals surface area contributed by atoms with Crippen molar-refractivity contribution in [1.82, 2.24) is 0 Å². The average Bonchev–Trinajstić information content (AvgIpc) is 2.40. The third-order valence-corrected chi connectivity index (χ3v) is 2.85. The molecule has 0 radical (unpaired) electrons. The fraction of sp³-hybridized carbons (Fsp3) is 0.500. The normalized spacial score (nSPS) is 12.2. The Kier molecular flexibility index (Phi) is 6.39. The smallest absolute Gasteiger partial charge is 0.152 e. The Morgan fingerprint density at radius 3 is 2.61 bits per heavy atom. The van der Waals surface area contributed by atoms with Crippen LogP contribution in [0.4, 0.5) is 5.69 Å². The molecular formula is C14H21NO3. The Hall–Kier alpha value is -1.39. The van der Waals surface area contributed by atoms with Gasteiger partial charge in [-0.15, -0.1) is 0 Å². The number of nitrogens with zero attached hydrogens (tertiary/aromatic N) is 1. The summed E-state index contributed by atoms with van der Waals surface area (Å²) in [5.41, 5.74) is 1.62. The maximum Gasteiger partial charge on any atom is 0.152 e. The lowest BCUT2D eigenvalue weighted by Crippen LogP contribution is -2.39. The highest BCUT2D eigenvalue weighted by Gasteiger charge is 2.16. The monoisotopic (exact) mass is 251 g/mol.